The summed E-state index contributed by atoms with van der Waals surface area (Å²) in [6.07, 6.45) is 7.32. The average molecular weight is 191 g/mol. The molecular formula is C12H17NO. The molecule has 1 fully saturated rings. The van der Waals surface area contributed by atoms with Crippen LogP contribution in [0, 0.1) is 0 Å². The number of hydrogen-bond donors (Lipinski definition) is 0. The highest BCUT2D eigenvalue weighted by Crippen LogP contribution is 2.28. The number of aromatic nitrogens is 1. The van der Waals surface area contributed by atoms with Gasteiger partial charge in [-0.1, -0.05) is 6.92 Å². The van der Waals surface area contributed by atoms with Crippen LogP contribution < -0.4 is 0 Å². The molecule has 0 atom stereocenters. The molecule has 0 radical (unpaired) electrons. The van der Waals surface area contributed by atoms with Crippen LogP contribution in [-0.4, -0.2) is 18.2 Å². The third-order valence-electron chi connectivity index (χ3n) is 2.98. The Morgan fingerprint density at radius 1 is 1.43 bits per heavy atom. The van der Waals surface area contributed by atoms with Crippen LogP contribution in [0.5, 0.6) is 0 Å². The molecule has 2 rings (SSSR count). The van der Waals surface area contributed by atoms with Gasteiger partial charge in [-0.25, -0.2) is 0 Å². The van der Waals surface area contributed by atoms with E-state index in [1.54, 1.807) is 0 Å². The van der Waals surface area contributed by atoms with E-state index >= 15 is 0 Å². The van der Waals surface area contributed by atoms with Crippen molar-refractivity contribution >= 4 is 0 Å². The zero-order valence-electron chi connectivity index (χ0n) is 8.70. The van der Waals surface area contributed by atoms with Gasteiger partial charge in [-0.15, -0.1) is 0 Å². The maximum Gasteiger partial charge on any atom is 0.0471 e. The molecule has 2 nitrogen and oxygen atoms in total. The number of aryl methyl sites for hydroxylation is 1. The van der Waals surface area contributed by atoms with Crippen molar-refractivity contribution in [3.05, 3.63) is 29.6 Å². The van der Waals surface area contributed by atoms with Crippen molar-refractivity contribution in [2.45, 2.75) is 32.1 Å². The standard InChI is InChI=1S/C12H17NO/c1-2-10-9-13-6-3-12(10)11-4-7-14-8-5-11/h3,6,9,11H,2,4-5,7-8H2,1H3. The number of pyridine rings is 1. The Balaban J connectivity index is 2.20. The molecule has 2 heterocycles. The third-order valence-corrected chi connectivity index (χ3v) is 2.98. The van der Waals surface area contributed by atoms with Gasteiger partial charge < -0.3 is 4.74 Å². The molecule has 0 aromatic carbocycles. The van der Waals surface area contributed by atoms with E-state index < -0.39 is 0 Å². The van der Waals surface area contributed by atoms with Crippen LogP contribution >= 0.6 is 0 Å². The quantitative estimate of drug-likeness (QED) is 0.716. The Labute approximate surface area is 85.3 Å². The second kappa shape index (κ2) is 4.56. The van der Waals surface area contributed by atoms with Crippen LogP contribution in [0.3, 0.4) is 0 Å². The average Bonchev–Trinajstić information content (AvgIpc) is 2.30. The summed E-state index contributed by atoms with van der Waals surface area (Å²) in [5.41, 5.74) is 2.89. The van der Waals surface area contributed by atoms with Crippen LogP contribution in [0.4, 0.5) is 0 Å². The molecule has 0 amide bonds. The van der Waals surface area contributed by atoms with E-state index in [9.17, 15) is 0 Å². The minimum absolute atomic E-state index is 0.696. The molecule has 1 saturated heterocycles. The van der Waals surface area contributed by atoms with Crippen molar-refractivity contribution in [3.63, 3.8) is 0 Å². The first kappa shape index (κ1) is 9.66. The first-order valence-corrected chi connectivity index (χ1v) is 5.42. The van der Waals surface area contributed by atoms with Crippen molar-refractivity contribution < 1.29 is 4.74 Å². The fraction of sp³-hybridized carbons (Fsp3) is 0.583. The smallest absolute Gasteiger partial charge is 0.0471 e. The highest BCUT2D eigenvalue weighted by molar-refractivity contribution is 5.27. The molecule has 1 aliphatic rings. The van der Waals surface area contributed by atoms with E-state index in [2.05, 4.69) is 18.0 Å². The molecule has 76 valence electrons. The van der Waals surface area contributed by atoms with Gasteiger partial charge in [-0.05, 0) is 42.4 Å². The van der Waals surface area contributed by atoms with E-state index in [0.717, 1.165) is 32.5 Å². The maximum atomic E-state index is 5.38. The van der Waals surface area contributed by atoms with Gasteiger partial charge >= 0.3 is 0 Å². The minimum atomic E-state index is 0.696. The largest absolute Gasteiger partial charge is 0.381 e. The van der Waals surface area contributed by atoms with Crippen molar-refractivity contribution in [2.75, 3.05) is 13.2 Å². The molecule has 2 heteroatoms. The molecule has 0 bridgehead atoms. The highest BCUT2D eigenvalue weighted by Gasteiger charge is 2.17. The number of rotatable bonds is 2. The SMILES string of the molecule is CCc1cnccc1C1CCOCC1. The molecule has 0 unspecified atom stereocenters. The predicted octanol–water partition coefficient (Wildman–Crippen LogP) is 2.54. The maximum absolute atomic E-state index is 5.38. The zero-order chi connectivity index (χ0) is 9.80. The van der Waals surface area contributed by atoms with E-state index in [-0.39, 0.29) is 0 Å². The van der Waals surface area contributed by atoms with Gasteiger partial charge in [0.15, 0.2) is 0 Å². The topological polar surface area (TPSA) is 22.1 Å². The fourth-order valence-corrected chi connectivity index (χ4v) is 2.14. The summed E-state index contributed by atoms with van der Waals surface area (Å²) in [7, 11) is 0. The van der Waals surface area contributed by atoms with Gasteiger partial charge in [0.05, 0.1) is 0 Å². The van der Waals surface area contributed by atoms with Gasteiger partial charge in [0.2, 0.25) is 0 Å². The molecule has 1 aromatic rings. The lowest BCUT2D eigenvalue weighted by molar-refractivity contribution is 0.0851. The summed E-state index contributed by atoms with van der Waals surface area (Å²) in [5.74, 6) is 0.696. The summed E-state index contributed by atoms with van der Waals surface area (Å²) in [5, 5.41) is 0. The molecule has 0 saturated carbocycles. The number of hydrogen-bond acceptors (Lipinski definition) is 2. The summed E-state index contributed by atoms with van der Waals surface area (Å²) >= 11 is 0. The lowest BCUT2D eigenvalue weighted by Gasteiger charge is -2.24. The Morgan fingerprint density at radius 2 is 2.21 bits per heavy atom. The summed E-state index contributed by atoms with van der Waals surface area (Å²) in [4.78, 5) is 4.18. The van der Waals surface area contributed by atoms with Crippen LogP contribution in [0.25, 0.3) is 0 Å². The lowest BCUT2D eigenvalue weighted by atomic mass is 9.89. The molecule has 14 heavy (non-hydrogen) atoms. The van der Waals surface area contributed by atoms with Gasteiger partial charge in [0.1, 0.15) is 0 Å². The van der Waals surface area contributed by atoms with Gasteiger partial charge in [-0.2, -0.15) is 0 Å². The van der Waals surface area contributed by atoms with E-state index in [0.29, 0.717) is 5.92 Å². The lowest BCUT2D eigenvalue weighted by Crippen LogP contribution is -2.15. The van der Waals surface area contributed by atoms with Crippen LogP contribution in [0.2, 0.25) is 0 Å². The van der Waals surface area contributed by atoms with Crippen LogP contribution in [-0.2, 0) is 11.2 Å². The summed E-state index contributed by atoms with van der Waals surface area (Å²) < 4.78 is 5.38. The Kier molecular flexibility index (Phi) is 3.14. The molecule has 0 aliphatic carbocycles. The molecule has 1 aliphatic heterocycles. The van der Waals surface area contributed by atoms with E-state index in [1.165, 1.54) is 11.1 Å². The first-order chi connectivity index (χ1) is 6.92. The first-order valence-electron chi connectivity index (χ1n) is 5.42. The van der Waals surface area contributed by atoms with Gasteiger partial charge in [0.25, 0.3) is 0 Å². The molecular weight excluding hydrogens is 174 g/mol. The molecule has 0 spiro atoms. The molecule has 0 N–H and O–H groups in total. The molecule has 1 aromatic heterocycles. The highest BCUT2D eigenvalue weighted by atomic mass is 16.5. The van der Waals surface area contributed by atoms with Crippen molar-refractivity contribution in [3.8, 4) is 0 Å². The Morgan fingerprint density at radius 3 is 2.93 bits per heavy atom. The van der Waals surface area contributed by atoms with E-state index in [4.69, 9.17) is 4.74 Å². The summed E-state index contributed by atoms with van der Waals surface area (Å²) in [6, 6.07) is 2.18. The van der Waals surface area contributed by atoms with E-state index in [1.807, 2.05) is 12.4 Å². The number of nitrogens with zero attached hydrogens (tertiary/aromatic N) is 1. The normalized spacial score (nSPS) is 18.4. The second-order valence-corrected chi connectivity index (χ2v) is 3.81. The Bertz CT molecular complexity index is 292. The van der Waals surface area contributed by atoms with Crippen molar-refractivity contribution in [2.24, 2.45) is 0 Å². The summed E-state index contributed by atoms with van der Waals surface area (Å²) in [6.45, 7) is 4.02. The monoisotopic (exact) mass is 191 g/mol. The van der Waals surface area contributed by atoms with Crippen LogP contribution in [0.1, 0.15) is 36.8 Å². The van der Waals surface area contributed by atoms with Gasteiger partial charge in [0, 0.05) is 25.6 Å². The zero-order valence-corrected chi connectivity index (χ0v) is 8.70. The van der Waals surface area contributed by atoms with Crippen molar-refractivity contribution in [1.29, 1.82) is 0 Å². The minimum Gasteiger partial charge on any atom is -0.381 e. The second-order valence-electron chi connectivity index (χ2n) is 3.81. The fourth-order valence-electron chi connectivity index (χ4n) is 2.14. The third kappa shape index (κ3) is 1.95. The van der Waals surface area contributed by atoms with Gasteiger partial charge in [-0.3, -0.25) is 4.98 Å². The number of ether oxygens (including phenoxy) is 1. The predicted molar refractivity (Wildman–Crippen MR) is 56.4 cm³/mol. The Hall–Kier alpha value is -0.890. The van der Waals surface area contributed by atoms with Crippen LogP contribution in [0.15, 0.2) is 18.5 Å². The van der Waals surface area contributed by atoms with Crippen molar-refractivity contribution in [1.82, 2.24) is 4.98 Å².